The van der Waals surface area contributed by atoms with Crippen LogP contribution in [0.15, 0.2) is 57.3 Å². The minimum atomic E-state index is 0.0660. The zero-order valence-electron chi connectivity index (χ0n) is 12.3. The molecular weight excluding hydrogens is 314 g/mol. The molecule has 1 aromatic carbocycles. The highest BCUT2D eigenvalue weighted by Crippen LogP contribution is 2.31. The smallest absolute Gasteiger partial charge is 0.218 e. The summed E-state index contributed by atoms with van der Waals surface area (Å²) in [5, 5.41) is 2.78. The van der Waals surface area contributed by atoms with Crippen molar-refractivity contribution in [2.24, 2.45) is 0 Å². The van der Waals surface area contributed by atoms with Crippen molar-refractivity contribution < 1.29 is 4.74 Å². The summed E-state index contributed by atoms with van der Waals surface area (Å²) in [5.74, 6) is 1.25. The molecule has 0 N–H and O–H groups in total. The van der Waals surface area contributed by atoms with Crippen molar-refractivity contribution in [1.29, 1.82) is 0 Å². The summed E-state index contributed by atoms with van der Waals surface area (Å²) in [7, 11) is 0. The summed E-state index contributed by atoms with van der Waals surface area (Å²) in [4.78, 5) is 13.4. The van der Waals surface area contributed by atoms with Crippen LogP contribution in [-0.4, -0.2) is 21.1 Å². The predicted molar refractivity (Wildman–Crippen MR) is 89.5 cm³/mol. The van der Waals surface area contributed by atoms with Crippen LogP contribution in [0, 0.1) is 0 Å². The zero-order chi connectivity index (χ0) is 15.4. The molecule has 112 valence electrons. The fraction of sp³-hybridized carbons (Fsp3) is 0.188. The van der Waals surface area contributed by atoms with Crippen molar-refractivity contribution in [1.82, 2.24) is 15.0 Å². The molecule has 0 aliphatic heterocycles. The third-order valence-electron chi connectivity index (χ3n) is 2.67. The van der Waals surface area contributed by atoms with Gasteiger partial charge in [-0.1, -0.05) is 30.3 Å². The third kappa shape index (κ3) is 3.84. The Morgan fingerprint density at radius 2 is 1.95 bits per heavy atom. The molecule has 4 nitrogen and oxygen atoms in total. The Morgan fingerprint density at radius 3 is 2.64 bits per heavy atom. The van der Waals surface area contributed by atoms with Gasteiger partial charge in [0.2, 0.25) is 5.88 Å². The molecule has 6 heteroatoms. The van der Waals surface area contributed by atoms with Gasteiger partial charge < -0.3 is 4.74 Å². The Kier molecular flexibility index (Phi) is 4.70. The molecule has 0 bridgehead atoms. The maximum absolute atomic E-state index is 5.75. The van der Waals surface area contributed by atoms with E-state index in [9.17, 15) is 0 Å². The second kappa shape index (κ2) is 6.89. The fourth-order valence-corrected chi connectivity index (χ4v) is 3.38. The van der Waals surface area contributed by atoms with Gasteiger partial charge in [-0.25, -0.2) is 9.97 Å². The Labute approximate surface area is 137 Å². The lowest BCUT2D eigenvalue weighted by Gasteiger charge is -2.11. The summed E-state index contributed by atoms with van der Waals surface area (Å²) in [6.07, 6.45) is 1.86. The SMILES string of the molecule is CC(C)Oc1cc(Sc2nccs2)nc(-c2ccccc2)n1. The van der Waals surface area contributed by atoms with E-state index in [1.807, 2.05) is 55.6 Å². The average molecular weight is 329 g/mol. The molecule has 0 saturated heterocycles. The maximum atomic E-state index is 5.75. The third-order valence-corrected chi connectivity index (χ3v) is 4.47. The molecule has 3 aromatic rings. The summed E-state index contributed by atoms with van der Waals surface area (Å²) in [5.41, 5.74) is 0.970. The molecule has 0 unspecified atom stereocenters. The standard InChI is InChI=1S/C16H15N3OS2/c1-11(2)20-13-10-14(22-16-17-8-9-21-16)19-15(18-13)12-6-4-3-5-7-12/h3-11H,1-2H3. The Balaban J connectivity index is 1.98. The van der Waals surface area contributed by atoms with Gasteiger partial charge in [0, 0.05) is 23.2 Å². The van der Waals surface area contributed by atoms with Gasteiger partial charge >= 0.3 is 0 Å². The first kappa shape index (κ1) is 15.0. The molecule has 0 fully saturated rings. The molecule has 2 aromatic heterocycles. The number of nitrogens with zero attached hydrogens (tertiary/aromatic N) is 3. The predicted octanol–water partition coefficient (Wildman–Crippen LogP) is 4.54. The molecule has 0 aliphatic rings. The van der Waals surface area contributed by atoms with Crippen LogP contribution in [0.3, 0.4) is 0 Å². The van der Waals surface area contributed by atoms with Crippen molar-refractivity contribution in [2.45, 2.75) is 29.3 Å². The second-order valence-corrected chi connectivity index (χ2v) is 6.96. The fourth-order valence-electron chi connectivity index (χ4n) is 1.82. The van der Waals surface area contributed by atoms with E-state index in [0.29, 0.717) is 11.7 Å². The summed E-state index contributed by atoms with van der Waals surface area (Å²) >= 11 is 3.11. The van der Waals surface area contributed by atoms with Gasteiger partial charge in [0.25, 0.3) is 0 Å². The zero-order valence-corrected chi connectivity index (χ0v) is 13.9. The molecule has 0 amide bonds. The monoisotopic (exact) mass is 329 g/mol. The quantitative estimate of drug-likeness (QED) is 0.643. The molecule has 0 atom stereocenters. The average Bonchev–Trinajstić information content (AvgIpc) is 3.00. The van der Waals surface area contributed by atoms with Crippen LogP contribution < -0.4 is 4.74 Å². The Bertz CT molecular complexity index is 730. The number of ether oxygens (including phenoxy) is 1. The second-order valence-electron chi connectivity index (χ2n) is 4.80. The Morgan fingerprint density at radius 1 is 1.14 bits per heavy atom. The minimum absolute atomic E-state index is 0.0660. The van der Waals surface area contributed by atoms with Gasteiger partial charge in [0.15, 0.2) is 10.2 Å². The molecular formula is C16H15N3OS2. The first-order valence-corrected chi connectivity index (χ1v) is 8.59. The van der Waals surface area contributed by atoms with Crippen molar-refractivity contribution in [2.75, 3.05) is 0 Å². The highest BCUT2D eigenvalue weighted by atomic mass is 32.2. The van der Waals surface area contributed by atoms with Crippen molar-refractivity contribution in [3.05, 3.63) is 48.0 Å². The van der Waals surface area contributed by atoms with Gasteiger partial charge in [-0.3, -0.25) is 0 Å². The molecule has 0 aliphatic carbocycles. The van der Waals surface area contributed by atoms with Gasteiger partial charge in [0.1, 0.15) is 5.03 Å². The number of hydrogen-bond acceptors (Lipinski definition) is 6. The van der Waals surface area contributed by atoms with Gasteiger partial charge in [-0.2, -0.15) is 4.98 Å². The molecule has 22 heavy (non-hydrogen) atoms. The van der Waals surface area contributed by atoms with Crippen LogP contribution in [0.1, 0.15) is 13.8 Å². The van der Waals surface area contributed by atoms with Crippen LogP contribution in [-0.2, 0) is 0 Å². The lowest BCUT2D eigenvalue weighted by atomic mass is 10.2. The highest BCUT2D eigenvalue weighted by Gasteiger charge is 2.11. The largest absolute Gasteiger partial charge is 0.475 e. The number of hydrogen-bond donors (Lipinski definition) is 0. The number of thiazole rings is 1. The molecule has 0 saturated carbocycles. The van der Waals surface area contributed by atoms with E-state index in [0.717, 1.165) is 14.9 Å². The normalized spacial score (nSPS) is 10.9. The number of aromatic nitrogens is 3. The van der Waals surface area contributed by atoms with Crippen LogP contribution in [0.25, 0.3) is 11.4 Å². The van der Waals surface area contributed by atoms with Crippen LogP contribution >= 0.6 is 23.1 Å². The summed E-state index contributed by atoms with van der Waals surface area (Å²) in [6, 6.07) is 11.8. The van der Waals surface area contributed by atoms with E-state index in [4.69, 9.17) is 4.74 Å². The van der Waals surface area contributed by atoms with Crippen molar-refractivity contribution >= 4 is 23.1 Å². The minimum Gasteiger partial charge on any atom is -0.475 e. The van der Waals surface area contributed by atoms with Crippen molar-refractivity contribution in [3.8, 4) is 17.3 Å². The number of rotatable bonds is 5. The van der Waals surface area contributed by atoms with Crippen LogP contribution in [0.5, 0.6) is 5.88 Å². The van der Waals surface area contributed by atoms with E-state index in [1.165, 1.54) is 11.8 Å². The molecule has 3 rings (SSSR count). The summed E-state index contributed by atoms with van der Waals surface area (Å²) in [6.45, 7) is 3.97. The van der Waals surface area contributed by atoms with Gasteiger partial charge in [-0.15, -0.1) is 11.3 Å². The van der Waals surface area contributed by atoms with E-state index in [1.54, 1.807) is 17.5 Å². The van der Waals surface area contributed by atoms with Crippen LogP contribution in [0.2, 0.25) is 0 Å². The van der Waals surface area contributed by atoms with E-state index in [-0.39, 0.29) is 6.10 Å². The van der Waals surface area contributed by atoms with Crippen molar-refractivity contribution in [3.63, 3.8) is 0 Å². The van der Waals surface area contributed by atoms with Crippen LogP contribution in [0.4, 0.5) is 0 Å². The first-order valence-electron chi connectivity index (χ1n) is 6.89. The van der Waals surface area contributed by atoms with Gasteiger partial charge in [0.05, 0.1) is 6.10 Å². The first-order chi connectivity index (χ1) is 10.7. The molecule has 0 radical (unpaired) electrons. The topological polar surface area (TPSA) is 47.9 Å². The lowest BCUT2D eigenvalue weighted by Crippen LogP contribution is -2.08. The number of benzene rings is 1. The van der Waals surface area contributed by atoms with E-state index < -0.39 is 0 Å². The van der Waals surface area contributed by atoms with Gasteiger partial charge in [-0.05, 0) is 25.6 Å². The van der Waals surface area contributed by atoms with E-state index >= 15 is 0 Å². The maximum Gasteiger partial charge on any atom is 0.218 e. The molecule has 2 heterocycles. The highest BCUT2D eigenvalue weighted by molar-refractivity contribution is 8.01. The Hall–Kier alpha value is -1.92. The summed E-state index contributed by atoms with van der Waals surface area (Å²) < 4.78 is 6.71. The lowest BCUT2D eigenvalue weighted by molar-refractivity contribution is 0.231. The molecule has 0 spiro atoms. The van der Waals surface area contributed by atoms with E-state index in [2.05, 4.69) is 15.0 Å².